The van der Waals surface area contributed by atoms with Gasteiger partial charge in [-0.05, 0) is 67.1 Å². The van der Waals surface area contributed by atoms with Gasteiger partial charge >= 0.3 is 12.2 Å². The van der Waals surface area contributed by atoms with E-state index in [0.29, 0.717) is 11.3 Å². The lowest BCUT2D eigenvalue weighted by atomic mass is 10.0. The fourth-order valence-corrected chi connectivity index (χ4v) is 7.48. The molecule has 1 amide bonds. The molecule has 3 aliphatic rings. The number of rotatable bonds is 13. The zero-order chi connectivity index (χ0) is 40.1. The molecule has 2 saturated heterocycles. The number of hydrogen-bond donors (Lipinski definition) is 3. The van der Waals surface area contributed by atoms with Gasteiger partial charge in [-0.2, -0.15) is 4.31 Å². The lowest BCUT2D eigenvalue weighted by Gasteiger charge is -2.30. The SMILES string of the molecule is C1CC2CCOC2O1.CC.CC(C)CN(CC(O)C(Cc1ccc(OC(=O)Oc2ccc([N+](=O)[O-])cc2)cc1)NC(=O)O)S(=O)(=O)c1ccc2c(c1)OCO2. The van der Waals surface area contributed by atoms with Crippen molar-refractivity contribution in [2.24, 2.45) is 11.8 Å². The number of nitrogens with zero attached hydrogens (tertiary/aromatic N) is 2. The number of nitrogens with one attached hydrogen (secondary N) is 1. The molecule has 6 rings (SSSR count). The highest BCUT2D eigenvalue weighted by molar-refractivity contribution is 7.89. The van der Waals surface area contributed by atoms with Crippen LogP contribution in [-0.2, 0) is 25.9 Å². The molecule has 3 aromatic rings. The first kappa shape index (κ1) is 42.7. The molecule has 3 heterocycles. The van der Waals surface area contributed by atoms with E-state index in [4.69, 9.17) is 28.4 Å². The summed E-state index contributed by atoms with van der Waals surface area (Å²) in [4.78, 5) is 33.8. The monoisotopic (exact) mass is 789 g/mol. The third-order valence-corrected chi connectivity index (χ3v) is 10.3. The molecule has 0 bridgehead atoms. The Labute approximate surface area is 319 Å². The highest BCUT2D eigenvalue weighted by Gasteiger charge is 2.34. The van der Waals surface area contributed by atoms with Gasteiger partial charge in [-0.3, -0.25) is 10.1 Å². The summed E-state index contributed by atoms with van der Waals surface area (Å²) in [5.74, 6) is 1.42. The summed E-state index contributed by atoms with van der Waals surface area (Å²) in [6.07, 6.45) is -1.38. The molecule has 3 N–H and O–H groups in total. The highest BCUT2D eigenvalue weighted by atomic mass is 32.2. The molecule has 18 heteroatoms. The number of carboxylic acid groups (broad SMARTS) is 1. The van der Waals surface area contributed by atoms with E-state index in [0.717, 1.165) is 23.4 Å². The van der Waals surface area contributed by atoms with Crippen LogP contribution in [0.5, 0.6) is 23.0 Å². The number of ether oxygens (including phenoxy) is 6. The fraction of sp³-hybridized carbons (Fsp3) is 0.459. The molecule has 0 saturated carbocycles. The molecule has 2 fully saturated rings. The van der Waals surface area contributed by atoms with Gasteiger partial charge in [0.1, 0.15) is 11.5 Å². The second kappa shape index (κ2) is 20.1. The summed E-state index contributed by atoms with van der Waals surface area (Å²) in [5, 5.41) is 33.6. The number of fused-ring (bicyclic) bond motifs is 2. The fourth-order valence-electron chi connectivity index (χ4n) is 5.85. The van der Waals surface area contributed by atoms with Crippen molar-refractivity contribution in [3.63, 3.8) is 0 Å². The smallest absolute Gasteiger partial charge is 0.465 e. The van der Waals surface area contributed by atoms with Crippen molar-refractivity contribution in [1.82, 2.24) is 9.62 Å². The number of non-ortho nitro benzene ring substituents is 1. The number of benzene rings is 3. The molecule has 3 aromatic carbocycles. The Kier molecular flexibility index (Phi) is 15.6. The van der Waals surface area contributed by atoms with Crippen molar-refractivity contribution in [3.05, 3.63) is 82.4 Å². The minimum atomic E-state index is -4.12. The number of nitro groups is 1. The third kappa shape index (κ3) is 12.2. The van der Waals surface area contributed by atoms with Gasteiger partial charge in [0, 0.05) is 37.2 Å². The maximum atomic E-state index is 13.6. The standard InChI is InChI=1S/C29H31N3O12S.C6H10O2.C2H6/c1-18(2)15-31(45(39,40)23-11-12-26-27(14-23)42-17-41-26)16-25(33)24(30-28(34)35)13-19-3-7-21(8-4-19)43-29(36)44-22-9-5-20(6-10-22)32(37)38;1-3-7-6-5(1)2-4-8-6;1-2/h3-12,14,18,24-25,30,33H,13,15-17H2,1-2H3,(H,34,35);5-6H,1-4H2;1-2H3. The largest absolute Gasteiger partial charge is 0.519 e. The lowest BCUT2D eigenvalue weighted by molar-refractivity contribution is -0.384. The second-order valence-electron chi connectivity index (χ2n) is 12.9. The Morgan fingerprint density at radius 2 is 1.51 bits per heavy atom. The van der Waals surface area contributed by atoms with Crippen LogP contribution in [-0.4, -0.2) is 91.6 Å². The lowest BCUT2D eigenvalue weighted by Crippen LogP contribution is -2.50. The van der Waals surface area contributed by atoms with E-state index in [1.807, 2.05) is 27.7 Å². The first-order valence-corrected chi connectivity index (χ1v) is 19.3. The molecular weight excluding hydrogens is 742 g/mol. The van der Waals surface area contributed by atoms with Crippen LogP contribution in [0.25, 0.3) is 0 Å². The van der Waals surface area contributed by atoms with Gasteiger partial charge in [0.2, 0.25) is 16.8 Å². The predicted octanol–water partition coefficient (Wildman–Crippen LogP) is 5.58. The number of carbonyl (C=O) groups excluding carboxylic acids is 1. The van der Waals surface area contributed by atoms with Crippen LogP contribution >= 0.6 is 0 Å². The van der Waals surface area contributed by atoms with Crippen LogP contribution in [0.2, 0.25) is 0 Å². The summed E-state index contributed by atoms with van der Waals surface area (Å²) in [5.41, 5.74) is 0.365. The average molecular weight is 790 g/mol. The first-order valence-electron chi connectivity index (χ1n) is 17.8. The molecule has 2 atom stereocenters. The van der Waals surface area contributed by atoms with Crippen molar-refractivity contribution in [2.75, 3.05) is 33.1 Å². The summed E-state index contributed by atoms with van der Waals surface area (Å²) in [6.45, 7) is 9.06. The van der Waals surface area contributed by atoms with E-state index >= 15 is 0 Å². The topological polar surface area (TPSA) is 223 Å². The summed E-state index contributed by atoms with van der Waals surface area (Å²) < 4.78 is 59.5. The summed E-state index contributed by atoms with van der Waals surface area (Å²) >= 11 is 0. The van der Waals surface area contributed by atoms with E-state index in [2.05, 4.69) is 5.32 Å². The minimum Gasteiger partial charge on any atom is -0.465 e. The number of aliphatic hydroxyl groups excluding tert-OH is 1. The maximum Gasteiger partial charge on any atom is 0.519 e. The van der Waals surface area contributed by atoms with Crippen LogP contribution in [0.4, 0.5) is 15.3 Å². The van der Waals surface area contributed by atoms with E-state index in [-0.39, 0.29) is 59.8 Å². The van der Waals surface area contributed by atoms with Gasteiger partial charge in [0.15, 0.2) is 17.8 Å². The summed E-state index contributed by atoms with van der Waals surface area (Å²) in [6, 6.07) is 13.8. The van der Waals surface area contributed by atoms with E-state index < -0.39 is 45.9 Å². The highest BCUT2D eigenvalue weighted by Crippen LogP contribution is 2.35. The van der Waals surface area contributed by atoms with Crippen molar-refractivity contribution in [1.29, 1.82) is 0 Å². The molecule has 2 unspecified atom stereocenters. The Balaban J connectivity index is 0.000000581. The zero-order valence-corrected chi connectivity index (χ0v) is 31.8. The van der Waals surface area contributed by atoms with Crippen LogP contribution < -0.4 is 24.3 Å². The quantitative estimate of drug-likeness (QED) is 0.0832. The molecule has 17 nitrogen and oxygen atoms in total. The van der Waals surface area contributed by atoms with Crippen LogP contribution in [0.15, 0.2) is 71.6 Å². The molecular formula is C37H47N3O14S. The van der Waals surface area contributed by atoms with Crippen molar-refractivity contribution >= 4 is 28.0 Å². The second-order valence-corrected chi connectivity index (χ2v) is 14.8. The minimum absolute atomic E-state index is 0.0272. The molecule has 3 aliphatic heterocycles. The zero-order valence-electron chi connectivity index (χ0n) is 31.0. The van der Waals surface area contributed by atoms with Crippen LogP contribution in [0.3, 0.4) is 0 Å². The van der Waals surface area contributed by atoms with E-state index in [9.17, 15) is 38.3 Å². The summed E-state index contributed by atoms with van der Waals surface area (Å²) in [7, 11) is -4.12. The molecule has 0 aromatic heterocycles. The van der Waals surface area contributed by atoms with E-state index in [1.54, 1.807) is 0 Å². The Bertz CT molecular complexity index is 1820. The first-order chi connectivity index (χ1) is 26.3. The van der Waals surface area contributed by atoms with Gasteiger partial charge in [-0.1, -0.05) is 39.8 Å². The van der Waals surface area contributed by atoms with Crippen LogP contribution in [0.1, 0.15) is 46.1 Å². The number of carbonyl (C=O) groups is 2. The molecule has 55 heavy (non-hydrogen) atoms. The maximum absolute atomic E-state index is 13.6. The van der Waals surface area contributed by atoms with Gasteiger partial charge in [-0.25, -0.2) is 18.0 Å². The number of aliphatic hydroxyl groups is 1. The number of sulfonamides is 1. The van der Waals surface area contributed by atoms with Gasteiger partial charge in [0.05, 0.1) is 35.2 Å². The van der Waals surface area contributed by atoms with Crippen molar-refractivity contribution < 1.29 is 61.6 Å². The van der Waals surface area contributed by atoms with E-state index in [1.165, 1.54) is 79.6 Å². The van der Waals surface area contributed by atoms with Gasteiger partial charge in [0.25, 0.3) is 5.69 Å². The molecule has 300 valence electrons. The Hall–Kier alpha value is -5.01. The Morgan fingerprint density at radius 1 is 0.927 bits per heavy atom. The van der Waals surface area contributed by atoms with Crippen LogP contribution in [0, 0.1) is 22.0 Å². The number of nitro benzene ring substituents is 1. The van der Waals surface area contributed by atoms with Crippen molar-refractivity contribution in [3.8, 4) is 23.0 Å². The van der Waals surface area contributed by atoms with Gasteiger partial charge in [-0.15, -0.1) is 0 Å². The van der Waals surface area contributed by atoms with Gasteiger partial charge < -0.3 is 44.0 Å². The normalized spacial score (nSPS) is 17.9. The predicted molar refractivity (Wildman–Crippen MR) is 197 cm³/mol. The molecule has 0 radical (unpaired) electrons. The molecule has 0 spiro atoms. The average Bonchev–Trinajstić information content (AvgIpc) is 3.92. The Morgan fingerprint density at radius 3 is 2.05 bits per heavy atom. The number of amides is 1. The molecule has 0 aliphatic carbocycles. The number of hydrogen-bond acceptors (Lipinski definition) is 13. The third-order valence-electron chi connectivity index (χ3n) is 8.47. The van der Waals surface area contributed by atoms with Crippen molar-refractivity contribution in [2.45, 2.75) is 70.3 Å².